The second kappa shape index (κ2) is 11.0. The van der Waals surface area contributed by atoms with Gasteiger partial charge in [-0.25, -0.2) is 19.2 Å². The smallest absolute Gasteiger partial charge is 0.404 e. The number of alkyl halides is 1. The number of hydrogen-bond acceptors (Lipinski definition) is 6. The molecule has 10 nitrogen and oxygen atoms in total. The summed E-state index contributed by atoms with van der Waals surface area (Å²) in [5, 5.41) is 11.8. The Labute approximate surface area is 238 Å². The number of carbonyl (C=O) groups is 2. The fraction of sp³-hybridized carbons (Fsp3) is 0.481. The first-order valence-electron chi connectivity index (χ1n) is 13.3. The number of nitrogens with zero attached hydrogens (tertiary/aromatic N) is 5. The van der Waals surface area contributed by atoms with Crippen molar-refractivity contribution in [3.8, 4) is 11.1 Å². The van der Waals surface area contributed by atoms with Crippen LogP contribution in [-0.4, -0.2) is 83.6 Å². The number of piperidine rings is 1. The second-order valence-electron chi connectivity index (χ2n) is 11.7. The van der Waals surface area contributed by atoms with Crippen molar-refractivity contribution in [1.82, 2.24) is 24.8 Å². The van der Waals surface area contributed by atoms with E-state index >= 15 is 0 Å². The molecule has 0 spiro atoms. The summed E-state index contributed by atoms with van der Waals surface area (Å²) in [4.78, 5) is 36.5. The molecule has 0 radical (unpaired) electrons. The highest BCUT2D eigenvalue weighted by molar-refractivity contribution is 6.76. The van der Waals surface area contributed by atoms with Crippen LogP contribution in [-0.2, 0) is 18.0 Å². The molecule has 2 aliphatic heterocycles. The molecule has 13 heteroatoms. The van der Waals surface area contributed by atoms with Gasteiger partial charge in [-0.05, 0) is 18.5 Å². The minimum Gasteiger partial charge on any atom is -0.465 e. The Balaban J connectivity index is 1.49. The van der Waals surface area contributed by atoms with Gasteiger partial charge in [0.15, 0.2) is 5.65 Å². The largest absolute Gasteiger partial charge is 0.465 e. The number of benzene rings is 1. The maximum Gasteiger partial charge on any atom is 0.404 e. The van der Waals surface area contributed by atoms with Crippen LogP contribution < -0.4 is 10.2 Å². The van der Waals surface area contributed by atoms with E-state index in [1.54, 1.807) is 29.1 Å². The number of amides is 2. The molecule has 0 saturated carbocycles. The third-order valence-electron chi connectivity index (χ3n) is 7.46. The van der Waals surface area contributed by atoms with E-state index in [4.69, 9.17) is 31.4 Å². The van der Waals surface area contributed by atoms with E-state index in [0.717, 1.165) is 22.7 Å². The van der Waals surface area contributed by atoms with Crippen LogP contribution in [0.4, 0.5) is 15.0 Å². The third kappa shape index (κ3) is 5.65. The van der Waals surface area contributed by atoms with Gasteiger partial charge in [0.25, 0.3) is 5.91 Å². The van der Waals surface area contributed by atoms with Crippen LogP contribution in [0.25, 0.3) is 22.3 Å². The first-order chi connectivity index (χ1) is 18.9. The molecular weight excluding hydrogens is 555 g/mol. The number of rotatable bonds is 8. The first-order valence-corrected chi connectivity index (χ1v) is 17.4. The lowest BCUT2D eigenvalue weighted by Gasteiger charge is -2.35. The summed E-state index contributed by atoms with van der Waals surface area (Å²) in [7, 11) is 0.473. The summed E-state index contributed by atoms with van der Waals surface area (Å²) in [5.74, 6) is 0.448. The van der Waals surface area contributed by atoms with Crippen LogP contribution in [0.15, 0.2) is 24.5 Å². The predicted octanol–water partition coefficient (Wildman–Crippen LogP) is 4.83. The monoisotopic (exact) mass is 588 g/mol. The topological polar surface area (TPSA) is 113 Å². The van der Waals surface area contributed by atoms with Gasteiger partial charge in [-0.3, -0.25) is 4.79 Å². The van der Waals surface area contributed by atoms with Gasteiger partial charge < -0.3 is 29.5 Å². The van der Waals surface area contributed by atoms with E-state index in [0.29, 0.717) is 53.7 Å². The van der Waals surface area contributed by atoms with Crippen molar-refractivity contribution in [3.05, 3.63) is 40.7 Å². The molecule has 0 aliphatic carbocycles. The van der Waals surface area contributed by atoms with Gasteiger partial charge in [-0.2, -0.15) is 0 Å². The normalized spacial score (nSPS) is 19.4. The van der Waals surface area contributed by atoms with Crippen molar-refractivity contribution in [2.45, 2.75) is 57.6 Å². The highest BCUT2D eigenvalue weighted by atomic mass is 35.5. The number of ether oxygens (including phenoxy) is 1. The maximum absolute atomic E-state index is 14.8. The predicted molar refractivity (Wildman–Crippen MR) is 155 cm³/mol. The van der Waals surface area contributed by atoms with E-state index in [1.165, 1.54) is 0 Å². The van der Waals surface area contributed by atoms with Crippen molar-refractivity contribution >= 4 is 48.7 Å². The van der Waals surface area contributed by atoms with Crippen LogP contribution >= 0.6 is 11.6 Å². The van der Waals surface area contributed by atoms with E-state index in [1.807, 2.05) is 16.8 Å². The molecule has 4 heterocycles. The molecule has 2 atom stereocenters. The SMILES string of the molecule is CN1Cc2c(ccc(-c3cn(COCC[Si](C)(C)C)c4nc(N5CC[C@H](NC(=O)O)[C@H](F)C5)cnc34)c2Cl)C1=O. The molecular formula is C27H34ClFN6O4Si. The Kier molecular flexibility index (Phi) is 7.77. The summed E-state index contributed by atoms with van der Waals surface area (Å²) >= 11 is 6.86. The van der Waals surface area contributed by atoms with E-state index in [-0.39, 0.29) is 19.2 Å². The Morgan fingerprint density at radius 2 is 2.02 bits per heavy atom. The Hall–Kier alpha value is -3.22. The molecule has 1 fully saturated rings. The molecule has 40 heavy (non-hydrogen) atoms. The second-order valence-corrected chi connectivity index (χ2v) is 17.7. The molecule has 1 aromatic carbocycles. The zero-order chi connectivity index (χ0) is 28.8. The van der Waals surface area contributed by atoms with Gasteiger partial charge in [0, 0.05) is 63.3 Å². The molecule has 2 N–H and O–H groups in total. The quantitative estimate of drug-likeness (QED) is 0.286. The van der Waals surface area contributed by atoms with Crippen LogP contribution in [0.2, 0.25) is 30.7 Å². The average Bonchev–Trinajstić information content (AvgIpc) is 3.39. The Morgan fingerprint density at radius 1 is 1.27 bits per heavy atom. The highest BCUT2D eigenvalue weighted by Crippen LogP contribution is 2.39. The summed E-state index contributed by atoms with van der Waals surface area (Å²) < 4.78 is 22.7. The molecule has 0 bridgehead atoms. The van der Waals surface area contributed by atoms with Crippen molar-refractivity contribution in [3.63, 3.8) is 0 Å². The van der Waals surface area contributed by atoms with Crippen LogP contribution in [0.3, 0.4) is 0 Å². The number of carboxylic acid groups (broad SMARTS) is 1. The number of halogens is 2. The third-order valence-corrected chi connectivity index (χ3v) is 9.60. The highest BCUT2D eigenvalue weighted by Gasteiger charge is 2.32. The zero-order valence-corrected chi connectivity index (χ0v) is 24.8. The molecule has 5 rings (SSSR count). The molecule has 2 amide bonds. The minimum atomic E-state index is -1.37. The van der Waals surface area contributed by atoms with Gasteiger partial charge in [-0.1, -0.05) is 37.3 Å². The van der Waals surface area contributed by atoms with Gasteiger partial charge in [0.2, 0.25) is 0 Å². The number of hydrogen-bond donors (Lipinski definition) is 2. The lowest BCUT2D eigenvalue weighted by Crippen LogP contribution is -2.52. The number of nitrogens with one attached hydrogen (secondary N) is 1. The van der Waals surface area contributed by atoms with Gasteiger partial charge in [-0.15, -0.1) is 0 Å². The zero-order valence-electron chi connectivity index (χ0n) is 23.1. The van der Waals surface area contributed by atoms with Crippen LogP contribution in [0, 0.1) is 0 Å². The lowest BCUT2D eigenvalue weighted by molar-refractivity contribution is 0.0816. The fourth-order valence-electron chi connectivity index (χ4n) is 5.16. The molecule has 2 aromatic heterocycles. The number of anilines is 1. The standard InChI is InChI=1S/C27H34ClFN6O4Si/c1-33-12-18-17(26(33)36)6-5-16(23(18)28)19-13-35(15-39-9-10-40(2,3)4)25-24(19)30-11-22(32-25)34-8-7-21(20(29)14-34)31-27(37)38/h5-6,11,13,20-21,31H,7-10,12,14-15H2,1-4H3,(H,37,38)/t20-,21+/m1/s1. The molecule has 2 aliphatic rings. The van der Waals surface area contributed by atoms with E-state index in [2.05, 4.69) is 25.0 Å². The van der Waals surface area contributed by atoms with Gasteiger partial charge in [0.05, 0.1) is 23.8 Å². The molecule has 1 saturated heterocycles. The Bertz CT molecular complexity index is 1460. The van der Waals surface area contributed by atoms with E-state index < -0.39 is 26.4 Å². The number of aromatic nitrogens is 3. The molecule has 0 unspecified atom stereocenters. The maximum atomic E-state index is 14.8. The summed E-state index contributed by atoms with van der Waals surface area (Å²) in [5.41, 5.74) is 4.11. The fourth-order valence-corrected chi connectivity index (χ4v) is 6.24. The first kappa shape index (κ1) is 28.3. The van der Waals surface area contributed by atoms with E-state index in [9.17, 15) is 14.0 Å². The van der Waals surface area contributed by atoms with Crippen molar-refractivity contribution in [2.24, 2.45) is 0 Å². The Morgan fingerprint density at radius 3 is 2.73 bits per heavy atom. The lowest BCUT2D eigenvalue weighted by atomic mass is 10.0. The molecule has 214 valence electrons. The number of fused-ring (bicyclic) bond motifs is 2. The number of carbonyl (C=O) groups excluding carboxylic acids is 1. The van der Waals surface area contributed by atoms with Crippen LogP contribution in [0.1, 0.15) is 22.3 Å². The van der Waals surface area contributed by atoms with Crippen molar-refractivity contribution in [2.75, 3.05) is 31.6 Å². The summed E-state index contributed by atoms with van der Waals surface area (Å²) in [6.07, 6.45) is 1.23. The minimum absolute atomic E-state index is 0.00358. The van der Waals surface area contributed by atoms with Gasteiger partial charge >= 0.3 is 6.09 Å². The average molecular weight is 589 g/mol. The summed E-state index contributed by atoms with van der Waals surface area (Å²) in [6, 6.07) is 3.90. The summed E-state index contributed by atoms with van der Waals surface area (Å²) in [6.45, 7) is 8.65. The van der Waals surface area contributed by atoms with Crippen molar-refractivity contribution in [1.29, 1.82) is 0 Å². The van der Waals surface area contributed by atoms with Crippen LogP contribution in [0.5, 0.6) is 0 Å². The van der Waals surface area contributed by atoms with Gasteiger partial charge in [0.1, 0.15) is 24.2 Å². The van der Waals surface area contributed by atoms with Crippen molar-refractivity contribution < 1.29 is 23.8 Å². The molecule has 3 aromatic rings.